The van der Waals surface area contributed by atoms with E-state index < -0.39 is 0 Å². The molecule has 1 N–H and O–H groups in total. The zero-order chi connectivity index (χ0) is 19.1. The maximum Gasteiger partial charge on any atom is 0.193 e. The van der Waals surface area contributed by atoms with Crippen molar-refractivity contribution in [2.75, 3.05) is 27.8 Å². The number of halogens is 1. The summed E-state index contributed by atoms with van der Waals surface area (Å²) in [7, 11) is 5.36. The van der Waals surface area contributed by atoms with Crippen LogP contribution in [0.25, 0.3) is 0 Å². The molecule has 2 rings (SSSR count). The maximum absolute atomic E-state index is 13.4. The number of benzene rings is 1. The van der Waals surface area contributed by atoms with Crippen LogP contribution in [-0.4, -0.2) is 48.5 Å². The Balaban J connectivity index is 2.01. The zero-order valence-corrected chi connectivity index (χ0v) is 16.2. The van der Waals surface area contributed by atoms with Crippen molar-refractivity contribution in [3.63, 3.8) is 0 Å². The summed E-state index contributed by atoms with van der Waals surface area (Å²) < 4.78 is 20.5. The minimum absolute atomic E-state index is 0.228. The molecule has 26 heavy (non-hydrogen) atoms. The van der Waals surface area contributed by atoms with Crippen LogP contribution >= 0.6 is 0 Å². The number of aryl methyl sites for hydroxylation is 1. The van der Waals surface area contributed by atoms with Crippen molar-refractivity contribution < 1.29 is 9.13 Å². The highest BCUT2D eigenvalue weighted by atomic mass is 19.1. The second-order valence-electron chi connectivity index (χ2n) is 6.25. The average Bonchev–Trinajstić information content (AvgIpc) is 2.87. The smallest absolute Gasteiger partial charge is 0.193 e. The first-order valence-electron chi connectivity index (χ1n) is 8.64. The molecule has 0 atom stereocenters. The number of nitrogens with one attached hydrogen (secondary N) is 1. The van der Waals surface area contributed by atoms with Crippen molar-refractivity contribution >= 4 is 5.96 Å². The summed E-state index contributed by atoms with van der Waals surface area (Å²) in [5.41, 5.74) is 4.17. The second-order valence-corrected chi connectivity index (χ2v) is 6.25. The normalized spacial score (nSPS) is 11.7. The molecule has 0 aliphatic heterocycles. The van der Waals surface area contributed by atoms with Gasteiger partial charge in [0.15, 0.2) is 5.96 Å². The fourth-order valence-electron chi connectivity index (χ4n) is 2.92. The quantitative estimate of drug-likeness (QED) is 0.608. The zero-order valence-electron chi connectivity index (χ0n) is 16.2. The van der Waals surface area contributed by atoms with Gasteiger partial charge in [-0.25, -0.2) is 4.39 Å². The Morgan fingerprint density at radius 2 is 2.15 bits per heavy atom. The number of hydrogen-bond acceptors (Lipinski definition) is 3. The minimum atomic E-state index is -0.228. The largest absolute Gasteiger partial charge is 0.383 e. The van der Waals surface area contributed by atoms with Gasteiger partial charge in [0.25, 0.3) is 0 Å². The SMILES string of the molecule is CN=C(NCc1c(C)nn(CCOC)c1C)N(C)Cc1cccc(F)c1. The topological polar surface area (TPSA) is 54.7 Å². The number of methoxy groups -OCH3 is 1. The first-order valence-corrected chi connectivity index (χ1v) is 8.64. The van der Waals surface area contributed by atoms with E-state index in [0.717, 1.165) is 35.0 Å². The Labute approximate surface area is 154 Å². The van der Waals surface area contributed by atoms with E-state index in [9.17, 15) is 4.39 Å². The Morgan fingerprint density at radius 1 is 1.38 bits per heavy atom. The molecular formula is C19H28FN5O. The van der Waals surface area contributed by atoms with Crippen LogP contribution in [0.3, 0.4) is 0 Å². The third-order valence-corrected chi connectivity index (χ3v) is 4.34. The Kier molecular flexibility index (Phi) is 7.15. The lowest BCUT2D eigenvalue weighted by molar-refractivity contribution is 0.182. The molecule has 0 spiro atoms. The highest BCUT2D eigenvalue weighted by Gasteiger charge is 2.13. The number of aliphatic imine (C=N–C) groups is 1. The molecule has 1 heterocycles. The number of rotatable bonds is 7. The number of guanidine groups is 1. The molecule has 0 unspecified atom stereocenters. The van der Waals surface area contributed by atoms with E-state index in [0.29, 0.717) is 19.7 Å². The molecule has 0 aliphatic carbocycles. The lowest BCUT2D eigenvalue weighted by Gasteiger charge is -2.22. The fraction of sp³-hybridized carbons (Fsp3) is 0.474. The molecule has 2 aromatic rings. The van der Waals surface area contributed by atoms with Gasteiger partial charge in [-0.3, -0.25) is 9.67 Å². The average molecular weight is 361 g/mol. The third kappa shape index (κ3) is 5.05. The first-order chi connectivity index (χ1) is 12.5. The van der Waals surface area contributed by atoms with Crippen LogP contribution in [0.2, 0.25) is 0 Å². The number of hydrogen-bond donors (Lipinski definition) is 1. The van der Waals surface area contributed by atoms with Gasteiger partial charge in [0, 0.05) is 45.6 Å². The van der Waals surface area contributed by atoms with Crippen molar-refractivity contribution in [3.05, 3.63) is 52.6 Å². The standard InChI is InChI=1S/C19H28FN5O/c1-14-18(15(2)25(23-14)9-10-26-5)12-22-19(21-3)24(4)13-16-7-6-8-17(20)11-16/h6-8,11H,9-10,12-13H2,1-5H3,(H,21,22). The fourth-order valence-corrected chi connectivity index (χ4v) is 2.92. The van der Waals surface area contributed by atoms with Crippen LogP contribution in [0.5, 0.6) is 0 Å². The molecule has 1 aromatic heterocycles. The predicted molar refractivity (Wildman–Crippen MR) is 102 cm³/mol. The molecule has 0 bridgehead atoms. The van der Waals surface area contributed by atoms with E-state index in [1.165, 1.54) is 12.1 Å². The molecule has 0 saturated carbocycles. The molecule has 0 aliphatic rings. The van der Waals surface area contributed by atoms with Gasteiger partial charge >= 0.3 is 0 Å². The summed E-state index contributed by atoms with van der Waals surface area (Å²) in [6.45, 7) is 6.63. The molecule has 0 saturated heterocycles. The summed E-state index contributed by atoms with van der Waals surface area (Å²) in [6, 6.07) is 6.61. The van der Waals surface area contributed by atoms with Crippen molar-refractivity contribution in [2.24, 2.45) is 4.99 Å². The number of nitrogens with zero attached hydrogens (tertiary/aromatic N) is 4. The van der Waals surface area contributed by atoms with Crippen molar-refractivity contribution in [2.45, 2.75) is 33.5 Å². The van der Waals surface area contributed by atoms with Crippen LogP contribution in [0.15, 0.2) is 29.3 Å². The van der Waals surface area contributed by atoms with Crippen LogP contribution in [0.4, 0.5) is 4.39 Å². The first kappa shape index (κ1) is 19.9. The van der Waals surface area contributed by atoms with Gasteiger partial charge in [-0.2, -0.15) is 5.10 Å². The van der Waals surface area contributed by atoms with Crippen molar-refractivity contribution in [1.82, 2.24) is 20.0 Å². The number of aromatic nitrogens is 2. The van der Waals surface area contributed by atoms with E-state index >= 15 is 0 Å². The Hall–Kier alpha value is -2.41. The van der Waals surface area contributed by atoms with Crippen LogP contribution in [0.1, 0.15) is 22.5 Å². The lowest BCUT2D eigenvalue weighted by Crippen LogP contribution is -2.38. The van der Waals surface area contributed by atoms with Gasteiger partial charge in [-0.15, -0.1) is 0 Å². The van der Waals surface area contributed by atoms with Gasteiger partial charge in [-0.05, 0) is 31.5 Å². The minimum Gasteiger partial charge on any atom is -0.383 e. The van der Waals surface area contributed by atoms with Gasteiger partial charge in [0.1, 0.15) is 5.82 Å². The van der Waals surface area contributed by atoms with Gasteiger partial charge in [0.2, 0.25) is 0 Å². The monoisotopic (exact) mass is 361 g/mol. The van der Waals surface area contributed by atoms with Crippen molar-refractivity contribution in [3.8, 4) is 0 Å². The van der Waals surface area contributed by atoms with E-state index in [-0.39, 0.29) is 5.82 Å². The summed E-state index contributed by atoms with van der Waals surface area (Å²) >= 11 is 0. The molecular weight excluding hydrogens is 333 g/mol. The molecule has 0 fully saturated rings. The molecule has 1 aromatic carbocycles. The van der Waals surface area contributed by atoms with Gasteiger partial charge in [-0.1, -0.05) is 12.1 Å². The van der Waals surface area contributed by atoms with E-state index in [2.05, 4.69) is 22.3 Å². The predicted octanol–water partition coefficient (Wildman–Crippen LogP) is 2.49. The van der Waals surface area contributed by atoms with Crippen LogP contribution < -0.4 is 5.32 Å². The van der Waals surface area contributed by atoms with Gasteiger partial charge < -0.3 is 15.0 Å². The van der Waals surface area contributed by atoms with E-state index in [1.807, 2.05) is 29.6 Å². The van der Waals surface area contributed by atoms with E-state index in [1.54, 1.807) is 20.2 Å². The maximum atomic E-state index is 13.4. The van der Waals surface area contributed by atoms with E-state index in [4.69, 9.17) is 4.74 Å². The summed E-state index contributed by atoms with van der Waals surface area (Å²) in [4.78, 5) is 6.29. The molecule has 0 radical (unpaired) electrons. The lowest BCUT2D eigenvalue weighted by atomic mass is 10.2. The molecule has 142 valence electrons. The second kappa shape index (κ2) is 9.33. The van der Waals surface area contributed by atoms with Crippen LogP contribution in [-0.2, 0) is 24.4 Å². The molecule has 0 amide bonds. The number of ether oxygens (including phenoxy) is 1. The van der Waals surface area contributed by atoms with Gasteiger partial charge in [0.05, 0.1) is 18.8 Å². The Morgan fingerprint density at radius 3 is 2.81 bits per heavy atom. The van der Waals surface area contributed by atoms with Crippen molar-refractivity contribution in [1.29, 1.82) is 0 Å². The molecule has 6 nitrogen and oxygen atoms in total. The Bertz CT molecular complexity index is 756. The summed E-state index contributed by atoms with van der Waals surface area (Å²) in [5.74, 6) is 0.520. The highest BCUT2D eigenvalue weighted by molar-refractivity contribution is 5.79. The molecule has 7 heteroatoms. The third-order valence-electron chi connectivity index (χ3n) is 4.34. The summed E-state index contributed by atoms with van der Waals surface area (Å²) in [6.07, 6.45) is 0. The highest BCUT2D eigenvalue weighted by Crippen LogP contribution is 2.13. The van der Waals surface area contributed by atoms with Crippen LogP contribution in [0, 0.1) is 19.7 Å². The summed E-state index contributed by atoms with van der Waals surface area (Å²) in [5, 5.41) is 7.94.